The van der Waals surface area contributed by atoms with E-state index in [1.54, 1.807) is 24.3 Å². The maximum Gasteiger partial charge on any atom is 0.198 e. The van der Waals surface area contributed by atoms with E-state index in [2.05, 4.69) is 31.5 Å². The fraction of sp³-hybridized carbons (Fsp3) is 0.400. The molecule has 0 radical (unpaired) electrons. The number of ketones is 2. The van der Waals surface area contributed by atoms with E-state index in [1.165, 1.54) is 0 Å². The molecule has 31 heavy (non-hydrogen) atoms. The van der Waals surface area contributed by atoms with Crippen LogP contribution < -0.4 is 21.3 Å². The smallest absolute Gasteiger partial charge is 0.198 e. The lowest BCUT2D eigenvalue weighted by atomic mass is 9.84. The first-order valence-electron chi connectivity index (χ1n) is 9.89. The van der Waals surface area contributed by atoms with Gasteiger partial charge in [0.15, 0.2) is 23.2 Å². The van der Waals surface area contributed by atoms with E-state index in [0.717, 1.165) is 0 Å². The Bertz CT molecular complexity index is 839. The molecule has 0 unspecified atom stereocenters. The Hall–Kier alpha value is -2.63. The van der Waals surface area contributed by atoms with E-state index in [9.17, 15) is 9.59 Å². The zero-order chi connectivity index (χ0) is 21.3. The monoisotopic (exact) mass is 450 g/mol. The zero-order valence-electron chi connectivity index (χ0n) is 17.0. The van der Waals surface area contributed by atoms with Gasteiger partial charge in [0.2, 0.25) is 0 Å². The molecule has 0 fully saturated rings. The van der Waals surface area contributed by atoms with E-state index in [1.807, 2.05) is 0 Å². The summed E-state index contributed by atoms with van der Waals surface area (Å²) in [5.74, 6) is -0.0371. The predicted molar refractivity (Wildman–Crippen MR) is 119 cm³/mol. The molecule has 1 aliphatic rings. The first-order valence-corrected chi connectivity index (χ1v) is 9.89. The van der Waals surface area contributed by atoms with E-state index in [4.69, 9.17) is 10.2 Å². The van der Waals surface area contributed by atoms with Crippen molar-refractivity contribution in [3.05, 3.63) is 46.5 Å². The van der Waals surface area contributed by atoms with Crippen LogP contribution in [0.3, 0.4) is 0 Å². The fourth-order valence-corrected chi connectivity index (χ4v) is 3.22. The van der Waals surface area contributed by atoms with Gasteiger partial charge in [-0.1, -0.05) is 24.3 Å². The van der Waals surface area contributed by atoms with Crippen LogP contribution >= 0.6 is 12.4 Å². The minimum atomic E-state index is -0.276. The van der Waals surface area contributed by atoms with E-state index < -0.39 is 0 Å². The van der Waals surface area contributed by atoms with Crippen molar-refractivity contribution in [2.75, 3.05) is 63.1 Å². The molecule has 0 bridgehead atoms. The lowest BCUT2D eigenvalue weighted by Gasteiger charge is -2.22. The molecule has 1 aromatic heterocycles. The van der Waals surface area contributed by atoms with Crippen LogP contribution in [0.4, 0.5) is 11.6 Å². The SMILES string of the molecule is Cl.O=C1c2ccccc2C(=O)c2c(NCCNCCO)nnc(NCCNCCO)c21. The molecule has 1 aliphatic carbocycles. The summed E-state index contributed by atoms with van der Waals surface area (Å²) in [5, 5.41) is 38.2. The molecular weight excluding hydrogens is 424 g/mol. The molecule has 10 nitrogen and oxygen atoms in total. The zero-order valence-corrected chi connectivity index (χ0v) is 17.8. The van der Waals surface area contributed by atoms with Gasteiger partial charge in [-0.25, -0.2) is 0 Å². The summed E-state index contributed by atoms with van der Waals surface area (Å²) < 4.78 is 0. The average molecular weight is 451 g/mol. The number of benzene rings is 1. The molecule has 6 N–H and O–H groups in total. The summed E-state index contributed by atoms with van der Waals surface area (Å²) in [5.41, 5.74) is 1.11. The van der Waals surface area contributed by atoms with Crippen LogP contribution in [0.25, 0.3) is 0 Å². The van der Waals surface area contributed by atoms with E-state index in [0.29, 0.717) is 50.4 Å². The van der Waals surface area contributed by atoms with Gasteiger partial charge in [-0.15, -0.1) is 22.6 Å². The first-order chi connectivity index (χ1) is 14.7. The minimum absolute atomic E-state index is 0. The highest BCUT2D eigenvalue weighted by atomic mass is 35.5. The Kier molecular flexibility index (Phi) is 9.76. The maximum absolute atomic E-state index is 13.2. The van der Waals surface area contributed by atoms with Crippen molar-refractivity contribution >= 4 is 35.6 Å². The standard InChI is InChI=1S/C20H26N6O4.ClH/c27-11-9-21-5-7-23-19-15-16(20(26-25-19)24-8-6-22-10-12-28)18(30)14-4-2-1-3-13(14)17(15)29;/h1-4,21-22,27-28H,5-12H2,(H,23,25)(H,24,26);1H. The molecule has 3 rings (SSSR count). The fourth-order valence-electron chi connectivity index (χ4n) is 3.22. The predicted octanol–water partition coefficient (Wildman–Crippen LogP) is -0.339. The molecule has 168 valence electrons. The van der Waals surface area contributed by atoms with Gasteiger partial charge in [0.1, 0.15) is 0 Å². The molecule has 1 aromatic carbocycles. The summed E-state index contributed by atoms with van der Waals surface area (Å²) in [6.45, 7) is 2.98. The van der Waals surface area contributed by atoms with E-state index in [-0.39, 0.29) is 59.9 Å². The van der Waals surface area contributed by atoms with Gasteiger partial charge in [0, 0.05) is 50.4 Å². The van der Waals surface area contributed by atoms with Crippen LogP contribution in [0.1, 0.15) is 31.8 Å². The van der Waals surface area contributed by atoms with Crippen molar-refractivity contribution in [2.24, 2.45) is 0 Å². The average Bonchev–Trinajstić information content (AvgIpc) is 2.77. The van der Waals surface area contributed by atoms with Crippen LogP contribution in [0, 0.1) is 0 Å². The van der Waals surface area contributed by atoms with Crippen LogP contribution in [-0.4, -0.2) is 84.5 Å². The van der Waals surface area contributed by atoms with Crippen molar-refractivity contribution < 1.29 is 19.8 Å². The number of aliphatic hydroxyl groups excluding tert-OH is 2. The van der Waals surface area contributed by atoms with Crippen molar-refractivity contribution in [3.8, 4) is 0 Å². The lowest BCUT2D eigenvalue weighted by molar-refractivity contribution is 0.0979. The third-order valence-electron chi connectivity index (χ3n) is 4.61. The summed E-state index contributed by atoms with van der Waals surface area (Å²) in [4.78, 5) is 26.4. The Morgan fingerprint density at radius 3 is 1.48 bits per heavy atom. The Morgan fingerprint density at radius 1 is 0.677 bits per heavy atom. The van der Waals surface area contributed by atoms with Crippen LogP contribution in [0.5, 0.6) is 0 Å². The molecule has 0 saturated heterocycles. The summed E-state index contributed by atoms with van der Waals surface area (Å²) in [6, 6.07) is 6.72. The number of nitrogens with zero attached hydrogens (tertiary/aromatic N) is 2. The van der Waals surface area contributed by atoms with Gasteiger partial charge in [-0.3, -0.25) is 9.59 Å². The second kappa shape index (κ2) is 12.3. The highest BCUT2D eigenvalue weighted by Crippen LogP contribution is 2.33. The Morgan fingerprint density at radius 2 is 1.10 bits per heavy atom. The number of carbonyl (C=O) groups is 2. The number of hydrogen-bond acceptors (Lipinski definition) is 10. The summed E-state index contributed by atoms with van der Waals surface area (Å²) in [7, 11) is 0. The topological polar surface area (TPSA) is 148 Å². The molecule has 2 aromatic rings. The van der Waals surface area contributed by atoms with Crippen molar-refractivity contribution in [1.82, 2.24) is 20.8 Å². The third-order valence-corrected chi connectivity index (χ3v) is 4.61. The normalized spacial score (nSPS) is 12.1. The van der Waals surface area contributed by atoms with Gasteiger partial charge >= 0.3 is 0 Å². The molecule has 11 heteroatoms. The molecule has 0 atom stereocenters. The minimum Gasteiger partial charge on any atom is -0.395 e. The van der Waals surface area contributed by atoms with Gasteiger partial charge in [-0.05, 0) is 0 Å². The third kappa shape index (κ3) is 5.75. The second-order valence-corrected chi connectivity index (χ2v) is 6.65. The highest BCUT2D eigenvalue weighted by molar-refractivity contribution is 6.31. The Labute approximate surface area is 186 Å². The van der Waals surface area contributed by atoms with Gasteiger partial charge in [0.05, 0.1) is 24.3 Å². The first kappa shape index (κ1) is 24.6. The second-order valence-electron chi connectivity index (χ2n) is 6.65. The number of aliphatic hydroxyl groups is 2. The van der Waals surface area contributed by atoms with E-state index >= 15 is 0 Å². The van der Waals surface area contributed by atoms with Crippen molar-refractivity contribution in [1.29, 1.82) is 0 Å². The summed E-state index contributed by atoms with van der Waals surface area (Å²) >= 11 is 0. The number of carbonyl (C=O) groups excluding carboxylic acids is 2. The number of aromatic nitrogens is 2. The molecule has 0 spiro atoms. The van der Waals surface area contributed by atoms with Crippen molar-refractivity contribution in [2.45, 2.75) is 0 Å². The lowest BCUT2D eigenvalue weighted by Crippen LogP contribution is -2.30. The number of rotatable bonds is 12. The molecule has 0 aliphatic heterocycles. The van der Waals surface area contributed by atoms with Crippen molar-refractivity contribution in [3.63, 3.8) is 0 Å². The number of halogens is 1. The van der Waals surface area contributed by atoms with Gasteiger partial charge in [0.25, 0.3) is 0 Å². The van der Waals surface area contributed by atoms with Crippen LogP contribution in [0.15, 0.2) is 24.3 Å². The maximum atomic E-state index is 13.2. The number of anilines is 2. The number of fused-ring (bicyclic) bond motifs is 2. The summed E-state index contributed by atoms with van der Waals surface area (Å²) in [6.07, 6.45) is 0. The molecule has 0 saturated carbocycles. The van der Waals surface area contributed by atoms with Gasteiger partial charge < -0.3 is 31.5 Å². The number of nitrogens with one attached hydrogen (secondary N) is 4. The largest absolute Gasteiger partial charge is 0.395 e. The van der Waals surface area contributed by atoms with Gasteiger partial charge in [-0.2, -0.15) is 0 Å². The van der Waals surface area contributed by atoms with Crippen LogP contribution in [-0.2, 0) is 0 Å². The molecule has 1 heterocycles. The molecule has 0 amide bonds. The Balaban J connectivity index is 0.00000341. The number of hydrogen-bond donors (Lipinski definition) is 6. The highest BCUT2D eigenvalue weighted by Gasteiger charge is 2.35. The molecular formula is C20H27ClN6O4. The van der Waals surface area contributed by atoms with Crippen LogP contribution in [0.2, 0.25) is 0 Å². The quantitative estimate of drug-likeness (QED) is 0.202.